The molecule has 0 radical (unpaired) electrons. The van der Waals surface area contributed by atoms with E-state index in [-0.39, 0.29) is 24.9 Å². The van der Waals surface area contributed by atoms with E-state index >= 15 is 0 Å². The molecule has 1 amide bonds. The van der Waals surface area contributed by atoms with Gasteiger partial charge in [0.15, 0.2) is 0 Å². The Labute approximate surface area is 219 Å². The van der Waals surface area contributed by atoms with Crippen LogP contribution in [-0.4, -0.2) is 59.4 Å². The van der Waals surface area contributed by atoms with Crippen LogP contribution in [0.25, 0.3) is 0 Å². The average molecular weight is 523 g/mol. The molecule has 10 heteroatoms. The number of nitrogens with zero attached hydrogens (tertiary/aromatic N) is 1. The second kappa shape index (κ2) is 12.8. The molecule has 2 aromatic carbocycles. The van der Waals surface area contributed by atoms with E-state index in [1.807, 2.05) is 48.5 Å². The summed E-state index contributed by atoms with van der Waals surface area (Å²) in [6.07, 6.45) is 1.64. The van der Waals surface area contributed by atoms with Gasteiger partial charge in [0.05, 0.1) is 6.04 Å². The molecule has 0 unspecified atom stereocenters. The van der Waals surface area contributed by atoms with Crippen molar-refractivity contribution in [1.82, 2.24) is 10.2 Å². The Morgan fingerprint density at radius 2 is 1.76 bits per heavy atom. The molecular formula is C28H30N2O8. The molecule has 0 spiro atoms. The van der Waals surface area contributed by atoms with Gasteiger partial charge in [-0.05, 0) is 67.2 Å². The van der Waals surface area contributed by atoms with E-state index in [1.54, 1.807) is 12.1 Å². The van der Waals surface area contributed by atoms with Crippen LogP contribution in [0.3, 0.4) is 0 Å². The van der Waals surface area contributed by atoms with Gasteiger partial charge in [-0.3, -0.25) is 9.69 Å². The lowest BCUT2D eigenvalue weighted by Gasteiger charge is -2.43. The maximum absolute atomic E-state index is 13.0. The van der Waals surface area contributed by atoms with Gasteiger partial charge < -0.3 is 29.4 Å². The van der Waals surface area contributed by atoms with Crippen molar-refractivity contribution < 1.29 is 38.5 Å². The highest BCUT2D eigenvalue weighted by molar-refractivity contribution is 5.84. The molecule has 0 saturated carbocycles. The van der Waals surface area contributed by atoms with E-state index in [9.17, 15) is 9.59 Å². The Morgan fingerprint density at radius 3 is 2.39 bits per heavy atom. The number of alkyl carbamates (subject to hydrolysis) is 1. The molecule has 3 saturated heterocycles. The number of carbonyl (C=O) groups excluding carboxylic acids is 1. The standard InChI is InChI=1S/C27H28N2O6.CH2O2/c30-26(31)23-10-9-22(34-23)17-33-21-8-4-7-20(15-21)25(19-5-2-1-3-6-19)28-27(32)35-24-16-29-13-11-18(24)12-14-29;2-1-3/h1-10,15,18,24-25H,11-14,16-17H2,(H,28,32)(H,30,31);1H,(H,2,3)/t24-,25-;/m0./s1. The SMILES string of the molecule is O=C(N[C@@H](c1ccccc1)c1cccc(OCc2ccc(C(=O)O)o2)c1)O[C@H]1CN2CCC1CC2.O=CO. The van der Waals surface area contributed by atoms with Crippen molar-refractivity contribution in [2.24, 2.45) is 5.92 Å². The summed E-state index contributed by atoms with van der Waals surface area (Å²) in [6, 6.07) is 19.7. The summed E-state index contributed by atoms with van der Waals surface area (Å²) in [6.45, 7) is 2.80. The van der Waals surface area contributed by atoms with Crippen LogP contribution in [0, 0.1) is 5.92 Å². The number of nitrogens with one attached hydrogen (secondary N) is 1. The molecule has 200 valence electrons. The monoisotopic (exact) mass is 522 g/mol. The summed E-state index contributed by atoms with van der Waals surface area (Å²) >= 11 is 0. The fourth-order valence-corrected chi connectivity index (χ4v) is 4.85. The summed E-state index contributed by atoms with van der Waals surface area (Å²) in [4.78, 5) is 34.7. The molecule has 38 heavy (non-hydrogen) atoms. The zero-order chi connectivity index (χ0) is 26.9. The highest BCUT2D eigenvalue weighted by Gasteiger charge is 2.36. The molecule has 2 atom stereocenters. The number of ether oxygens (including phenoxy) is 2. The molecular weight excluding hydrogens is 492 g/mol. The summed E-state index contributed by atoms with van der Waals surface area (Å²) in [5.41, 5.74) is 1.76. The third kappa shape index (κ3) is 6.92. The normalized spacial score (nSPS) is 20.4. The molecule has 3 aromatic rings. The summed E-state index contributed by atoms with van der Waals surface area (Å²) in [7, 11) is 0. The summed E-state index contributed by atoms with van der Waals surface area (Å²) < 4.78 is 17.0. The molecule has 1 aromatic heterocycles. The van der Waals surface area contributed by atoms with Crippen LogP contribution >= 0.6 is 0 Å². The maximum atomic E-state index is 13.0. The number of hydrogen-bond acceptors (Lipinski definition) is 7. The van der Waals surface area contributed by atoms with Crippen LogP contribution in [-0.2, 0) is 16.1 Å². The first kappa shape index (κ1) is 26.7. The van der Waals surface area contributed by atoms with Gasteiger partial charge in [0, 0.05) is 6.54 Å². The van der Waals surface area contributed by atoms with Crippen LogP contribution < -0.4 is 10.1 Å². The van der Waals surface area contributed by atoms with Crippen LogP contribution in [0.4, 0.5) is 4.79 Å². The third-order valence-corrected chi connectivity index (χ3v) is 6.69. The minimum Gasteiger partial charge on any atom is -0.486 e. The number of amides is 1. The van der Waals surface area contributed by atoms with Gasteiger partial charge in [0.2, 0.25) is 5.76 Å². The Hall–Kier alpha value is -4.31. The van der Waals surface area contributed by atoms with Gasteiger partial charge in [-0.15, -0.1) is 0 Å². The molecule has 0 aliphatic carbocycles. The number of carbonyl (C=O) groups is 3. The topological polar surface area (TPSA) is 139 Å². The number of rotatable bonds is 8. The number of fused-ring (bicyclic) bond motifs is 3. The van der Waals surface area contributed by atoms with E-state index in [0.717, 1.165) is 43.6 Å². The Balaban J connectivity index is 0.00000107. The predicted octanol–water partition coefficient (Wildman–Crippen LogP) is 4.17. The van der Waals surface area contributed by atoms with Gasteiger partial charge in [-0.1, -0.05) is 42.5 Å². The van der Waals surface area contributed by atoms with Crippen molar-refractivity contribution in [1.29, 1.82) is 0 Å². The predicted molar refractivity (Wildman–Crippen MR) is 136 cm³/mol. The van der Waals surface area contributed by atoms with Crippen molar-refractivity contribution in [3.8, 4) is 5.75 Å². The highest BCUT2D eigenvalue weighted by Crippen LogP contribution is 2.30. The lowest BCUT2D eigenvalue weighted by atomic mass is 9.86. The van der Waals surface area contributed by atoms with Gasteiger partial charge in [0.1, 0.15) is 24.2 Å². The molecule has 4 heterocycles. The summed E-state index contributed by atoms with van der Waals surface area (Å²) in [5.74, 6) is 0.157. The van der Waals surface area contributed by atoms with E-state index in [4.69, 9.17) is 28.9 Å². The largest absolute Gasteiger partial charge is 0.486 e. The van der Waals surface area contributed by atoms with Crippen LogP contribution in [0.5, 0.6) is 5.75 Å². The summed E-state index contributed by atoms with van der Waals surface area (Å²) in [5, 5.41) is 19.0. The lowest BCUT2D eigenvalue weighted by Crippen LogP contribution is -2.52. The zero-order valence-electron chi connectivity index (χ0n) is 20.7. The van der Waals surface area contributed by atoms with Crippen molar-refractivity contribution >= 4 is 18.5 Å². The molecule has 10 nitrogen and oxygen atoms in total. The van der Waals surface area contributed by atoms with Crippen molar-refractivity contribution in [3.63, 3.8) is 0 Å². The first-order chi connectivity index (χ1) is 18.5. The lowest BCUT2D eigenvalue weighted by molar-refractivity contribution is -0.122. The third-order valence-electron chi connectivity index (χ3n) is 6.69. The molecule has 3 N–H and O–H groups in total. The molecule has 3 fully saturated rings. The first-order valence-electron chi connectivity index (χ1n) is 12.3. The fraction of sp³-hybridized carbons (Fsp3) is 0.321. The van der Waals surface area contributed by atoms with Gasteiger partial charge in [-0.25, -0.2) is 9.59 Å². The maximum Gasteiger partial charge on any atom is 0.408 e. The number of hydrogen-bond donors (Lipinski definition) is 3. The smallest absolute Gasteiger partial charge is 0.408 e. The van der Waals surface area contributed by atoms with Gasteiger partial charge >= 0.3 is 12.1 Å². The molecule has 3 aliphatic rings. The van der Waals surface area contributed by atoms with Crippen molar-refractivity contribution in [3.05, 3.63) is 89.4 Å². The second-order valence-electron chi connectivity index (χ2n) is 9.11. The average Bonchev–Trinajstić information content (AvgIpc) is 3.42. The van der Waals surface area contributed by atoms with Crippen LogP contribution in [0.15, 0.2) is 71.1 Å². The van der Waals surface area contributed by atoms with E-state index in [0.29, 0.717) is 17.4 Å². The van der Waals surface area contributed by atoms with Crippen molar-refractivity contribution in [2.45, 2.75) is 31.6 Å². The number of piperidine rings is 3. The highest BCUT2D eigenvalue weighted by atomic mass is 16.6. The molecule has 3 aliphatic heterocycles. The van der Waals surface area contributed by atoms with Gasteiger partial charge in [0.25, 0.3) is 6.47 Å². The molecule has 6 rings (SSSR count). The Kier molecular flexibility index (Phi) is 8.99. The van der Waals surface area contributed by atoms with Crippen molar-refractivity contribution in [2.75, 3.05) is 19.6 Å². The van der Waals surface area contributed by atoms with E-state index in [1.165, 1.54) is 6.07 Å². The second-order valence-corrected chi connectivity index (χ2v) is 9.11. The number of carboxylic acid groups (broad SMARTS) is 2. The number of carboxylic acids is 1. The number of aromatic carboxylic acids is 1. The number of furan rings is 1. The number of benzene rings is 2. The van der Waals surface area contributed by atoms with Crippen LogP contribution in [0.2, 0.25) is 0 Å². The Bertz CT molecular complexity index is 1220. The first-order valence-corrected chi connectivity index (χ1v) is 12.3. The van der Waals surface area contributed by atoms with Crippen LogP contribution in [0.1, 0.15) is 46.3 Å². The van der Waals surface area contributed by atoms with E-state index < -0.39 is 18.1 Å². The Morgan fingerprint density at radius 1 is 1.05 bits per heavy atom. The zero-order valence-corrected chi connectivity index (χ0v) is 20.7. The van der Waals surface area contributed by atoms with Gasteiger partial charge in [-0.2, -0.15) is 0 Å². The fourth-order valence-electron chi connectivity index (χ4n) is 4.85. The minimum atomic E-state index is -1.12. The molecule has 2 bridgehead atoms. The minimum absolute atomic E-state index is 0.0763. The quantitative estimate of drug-likeness (QED) is 0.372. The van der Waals surface area contributed by atoms with E-state index in [2.05, 4.69) is 10.2 Å².